The molecule has 2 aromatic rings. The highest BCUT2D eigenvalue weighted by atomic mass is 16.2. The molecule has 0 fully saturated rings. The van der Waals surface area contributed by atoms with Crippen LogP contribution in [0.15, 0.2) is 54.6 Å². The number of hydrogen-bond donors (Lipinski definition) is 0. The van der Waals surface area contributed by atoms with Crippen LogP contribution in [0.2, 0.25) is 0 Å². The zero-order valence-corrected chi connectivity index (χ0v) is 15.0. The van der Waals surface area contributed by atoms with E-state index in [0.717, 1.165) is 30.8 Å². The number of carbonyl (C=O) groups is 1. The van der Waals surface area contributed by atoms with Crippen LogP contribution in [-0.2, 0) is 6.42 Å². The third-order valence-corrected chi connectivity index (χ3v) is 4.33. The van der Waals surface area contributed by atoms with Crippen LogP contribution >= 0.6 is 0 Å². The van der Waals surface area contributed by atoms with Gasteiger partial charge in [0.05, 0.1) is 0 Å². The lowest BCUT2D eigenvalue weighted by molar-refractivity contribution is 0.0796. The van der Waals surface area contributed by atoms with Gasteiger partial charge in [-0.25, -0.2) is 0 Å². The first-order valence-corrected chi connectivity index (χ1v) is 8.72. The fraction of sp³-hybridized carbons (Fsp3) is 0.381. The summed E-state index contributed by atoms with van der Waals surface area (Å²) in [5.74, 6) is 0.0775. The Morgan fingerprint density at radius 2 is 1.58 bits per heavy atom. The highest BCUT2D eigenvalue weighted by Gasteiger charge is 2.12. The van der Waals surface area contributed by atoms with Crippen molar-refractivity contribution in [1.82, 2.24) is 4.90 Å². The van der Waals surface area contributed by atoms with Gasteiger partial charge in [-0.2, -0.15) is 0 Å². The number of rotatable bonds is 8. The molecule has 0 saturated carbocycles. The van der Waals surface area contributed by atoms with E-state index in [9.17, 15) is 4.79 Å². The van der Waals surface area contributed by atoms with Crippen LogP contribution in [0.3, 0.4) is 0 Å². The smallest absolute Gasteiger partial charge is 0.253 e. The van der Waals surface area contributed by atoms with Crippen molar-refractivity contribution in [3.05, 3.63) is 65.7 Å². The van der Waals surface area contributed by atoms with Gasteiger partial charge in [0.2, 0.25) is 0 Å². The molecule has 0 aromatic heterocycles. The van der Waals surface area contributed by atoms with Gasteiger partial charge in [-0.3, -0.25) is 4.79 Å². The molecule has 0 saturated heterocycles. The summed E-state index contributed by atoms with van der Waals surface area (Å²) in [6, 6.07) is 18.2. The van der Waals surface area contributed by atoms with E-state index < -0.39 is 0 Å². The zero-order valence-electron chi connectivity index (χ0n) is 15.0. The van der Waals surface area contributed by atoms with Crippen LogP contribution in [-0.4, -0.2) is 38.0 Å². The molecule has 3 nitrogen and oxygen atoms in total. The van der Waals surface area contributed by atoms with Gasteiger partial charge in [-0.15, -0.1) is 0 Å². The van der Waals surface area contributed by atoms with Crippen molar-refractivity contribution >= 4 is 11.6 Å². The summed E-state index contributed by atoms with van der Waals surface area (Å²) in [4.78, 5) is 16.6. The normalized spacial score (nSPS) is 10.5. The molecule has 0 unspecified atom stereocenters. The molecule has 0 bridgehead atoms. The zero-order chi connectivity index (χ0) is 17.4. The van der Waals surface area contributed by atoms with E-state index >= 15 is 0 Å². The number of likely N-dealkylation sites (N-methyl/N-ethyl adjacent to an activating group) is 1. The van der Waals surface area contributed by atoms with Crippen molar-refractivity contribution in [2.75, 3.05) is 32.1 Å². The van der Waals surface area contributed by atoms with Gasteiger partial charge < -0.3 is 9.80 Å². The third kappa shape index (κ3) is 5.12. The Morgan fingerprint density at radius 3 is 2.21 bits per heavy atom. The van der Waals surface area contributed by atoms with Crippen LogP contribution in [0.25, 0.3) is 0 Å². The van der Waals surface area contributed by atoms with E-state index in [4.69, 9.17) is 0 Å². The number of carbonyl (C=O) groups excluding carboxylic acids is 1. The van der Waals surface area contributed by atoms with Crippen LogP contribution in [0.5, 0.6) is 0 Å². The summed E-state index contributed by atoms with van der Waals surface area (Å²) in [5.41, 5.74) is 3.16. The van der Waals surface area contributed by atoms with Crippen molar-refractivity contribution in [2.45, 2.75) is 26.2 Å². The quantitative estimate of drug-likeness (QED) is 0.725. The van der Waals surface area contributed by atoms with Crippen molar-refractivity contribution in [3.8, 4) is 0 Å². The van der Waals surface area contributed by atoms with Crippen molar-refractivity contribution in [3.63, 3.8) is 0 Å². The van der Waals surface area contributed by atoms with Crippen molar-refractivity contribution < 1.29 is 4.79 Å². The third-order valence-electron chi connectivity index (χ3n) is 4.33. The molecule has 1 amide bonds. The molecule has 2 aromatic carbocycles. The second-order valence-corrected chi connectivity index (χ2v) is 6.28. The van der Waals surface area contributed by atoms with Gasteiger partial charge in [0.15, 0.2) is 0 Å². The van der Waals surface area contributed by atoms with E-state index in [1.807, 2.05) is 49.5 Å². The number of unbranched alkanes of at least 4 members (excludes halogenated alkanes) is 1. The average molecular weight is 324 g/mol. The van der Waals surface area contributed by atoms with Crippen LogP contribution in [0.4, 0.5) is 5.69 Å². The predicted molar refractivity (Wildman–Crippen MR) is 102 cm³/mol. The standard InChI is InChI=1S/C21H28N2O/c1-4-5-16-22(2)20-13-11-19(12-14-20)21(24)23(3)17-15-18-9-7-6-8-10-18/h6-14H,4-5,15-17H2,1-3H3. The molecular weight excluding hydrogens is 296 g/mol. The minimum absolute atomic E-state index is 0.0775. The van der Waals surface area contributed by atoms with Gasteiger partial charge in [0, 0.05) is 38.4 Å². The Hall–Kier alpha value is -2.29. The Labute approximate surface area is 145 Å². The fourth-order valence-corrected chi connectivity index (χ4v) is 2.65. The highest BCUT2D eigenvalue weighted by molar-refractivity contribution is 5.94. The van der Waals surface area contributed by atoms with E-state index in [1.165, 1.54) is 18.4 Å². The van der Waals surface area contributed by atoms with Gasteiger partial charge >= 0.3 is 0 Å². The van der Waals surface area contributed by atoms with Crippen LogP contribution < -0.4 is 4.90 Å². The van der Waals surface area contributed by atoms with Gasteiger partial charge in [0.1, 0.15) is 0 Å². The molecule has 128 valence electrons. The summed E-state index contributed by atoms with van der Waals surface area (Å²) in [6.45, 7) is 3.96. The number of benzene rings is 2. The largest absolute Gasteiger partial charge is 0.375 e. The minimum atomic E-state index is 0.0775. The first-order valence-electron chi connectivity index (χ1n) is 8.72. The SMILES string of the molecule is CCCCN(C)c1ccc(C(=O)N(C)CCc2ccccc2)cc1. The molecule has 0 spiro atoms. The summed E-state index contributed by atoms with van der Waals surface area (Å²) >= 11 is 0. The summed E-state index contributed by atoms with van der Waals surface area (Å²) < 4.78 is 0. The lowest BCUT2D eigenvalue weighted by Gasteiger charge is -2.20. The predicted octanol–water partition coefficient (Wildman–Crippen LogP) is 4.24. The summed E-state index contributed by atoms with van der Waals surface area (Å²) in [7, 11) is 3.96. The number of hydrogen-bond acceptors (Lipinski definition) is 2. The van der Waals surface area contributed by atoms with Gasteiger partial charge in [-0.05, 0) is 42.7 Å². The summed E-state index contributed by atoms with van der Waals surface area (Å²) in [5, 5.41) is 0. The first kappa shape index (κ1) is 18.1. The van der Waals surface area contributed by atoms with E-state index in [1.54, 1.807) is 4.90 Å². The first-order chi connectivity index (χ1) is 11.6. The molecule has 0 aliphatic heterocycles. The van der Waals surface area contributed by atoms with E-state index in [-0.39, 0.29) is 5.91 Å². The van der Waals surface area contributed by atoms with Crippen LogP contribution in [0, 0.1) is 0 Å². The molecule has 24 heavy (non-hydrogen) atoms. The molecule has 0 radical (unpaired) electrons. The second kappa shape index (κ2) is 9.11. The van der Waals surface area contributed by atoms with E-state index in [0.29, 0.717) is 0 Å². The molecule has 0 heterocycles. The maximum absolute atomic E-state index is 12.5. The Kier molecular flexibility index (Phi) is 6.86. The minimum Gasteiger partial charge on any atom is -0.375 e. The average Bonchev–Trinajstić information content (AvgIpc) is 2.64. The maximum Gasteiger partial charge on any atom is 0.253 e. The number of anilines is 1. The number of nitrogens with zero attached hydrogens (tertiary/aromatic N) is 2. The fourth-order valence-electron chi connectivity index (χ4n) is 2.65. The number of amides is 1. The Bertz CT molecular complexity index is 622. The van der Waals surface area contributed by atoms with Crippen molar-refractivity contribution in [2.24, 2.45) is 0 Å². The lowest BCUT2D eigenvalue weighted by Crippen LogP contribution is -2.28. The lowest BCUT2D eigenvalue weighted by atomic mass is 10.1. The van der Waals surface area contributed by atoms with Crippen molar-refractivity contribution in [1.29, 1.82) is 0 Å². The molecule has 0 N–H and O–H groups in total. The Morgan fingerprint density at radius 1 is 0.917 bits per heavy atom. The second-order valence-electron chi connectivity index (χ2n) is 6.28. The molecule has 3 heteroatoms. The molecule has 0 atom stereocenters. The van der Waals surface area contributed by atoms with Gasteiger partial charge in [-0.1, -0.05) is 43.7 Å². The van der Waals surface area contributed by atoms with Gasteiger partial charge in [0.25, 0.3) is 5.91 Å². The van der Waals surface area contributed by atoms with E-state index in [2.05, 4.69) is 31.0 Å². The monoisotopic (exact) mass is 324 g/mol. The summed E-state index contributed by atoms with van der Waals surface area (Å²) in [6.07, 6.45) is 3.24. The molecule has 0 aliphatic rings. The topological polar surface area (TPSA) is 23.6 Å². The Balaban J connectivity index is 1.91. The maximum atomic E-state index is 12.5. The molecule has 0 aliphatic carbocycles. The van der Waals surface area contributed by atoms with Crippen LogP contribution in [0.1, 0.15) is 35.7 Å². The molecule has 2 rings (SSSR count). The highest BCUT2D eigenvalue weighted by Crippen LogP contribution is 2.15. The molecular formula is C21H28N2O.